The molecule has 0 heterocycles. The molecule has 5 heteroatoms. The van der Waals surface area contributed by atoms with Crippen molar-refractivity contribution in [1.29, 1.82) is 0 Å². The molecule has 0 fully saturated rings. The standard InChI is InChI=1S/C19H22N2O3/c1-14(22)21-19(20-13-15-7-5-4-6-8-15)12-16-9-10-17(23-2)18(11-16)24-3/h4-12,20H,13H2,1-3H3,(H,21,22). The average molecular weight is 326 g/mol. The number of methoxy groups -OCH3 is 2. The maximum atomic E-state index is 11.4. The Labute approximate surface area is 142 Å². The number of nitrogens with one attached hydrogen (secondary N) is 2. The van der Waals surface area contributed by atoms with Crippen molar-refractivity contribution in [2.75, 3.05) is 14.2 Å². The van der Waals surface area contributed by atoms with E-state index in [2.05, 4.69) is 10.6 Å². The first-order valence-electron chi connectivity index (χ1n) is 7.61. The van der Waals surface area contributed by atoms with Crippen LogP contribution in [0.4, 0.5) is 0 Å². The van der Waals surface area contributed by atoms with Gasteiger partial charge in [0.1, 0.15) is 5.82 Å². The van der Waals surface area contributed by atoms with Crippen LogP contribution >= 0.6 is 0 Å². The minimum Gasteiger partial charge on any atom is -0.493 e. The molecule has 0 aliphatic rings. The number of benzene rings is 2. The predicted molar refractivity (Wildman–Crippen MR) is 94.6 cm³/mol. The Morgan fingerprint density at radius 2 is 1.75 bits per heavy atom. The van der Waals surface area contributed by atoms with Gasteiger partial charge in [-0.1, -0.05) is 36.4 Å². The van der Waals surface area contributed by atoms with E-state index in [0.29, 0.717) is 23.9 Å². The Morgan fingerprint density at radius 3 is 2.38 bits per heavy atom. The van der Waals surface area contributed by atoms with E-state index in [0.717, 1.165) is 11.1 Å². The van der Waals surface area contributed by atoms with Crippen molar-refractivity contribution in [3.05, 3.63) is 65.5 Å². The Hall–Kier alpha value is -2.95. The normalized spacial score (nSPS) is 10.9. The van der Waals surface area contributed by atoms with Gasteiger partial charge in [0, 0.05) is 13.5 Å². The zero-order valence-electron chi connectivity index (χ0n) is 14.1. The van der Waals surface area contributed by atoms with Crippen LogP contribution in [0.25, 0.3) is 6.08 Å². The third-order valence-electron chi connectivity index (χ3n) is 3.36. The molecule has 0 atom stereocenters. The van der Waals surface area contributed by atoms with E-state index in [9.17, 15) is 4.79 Å². The van der Waals surface area contributed by atoms with Gasteiger partial charge in [0.15, 0.2) is 11.5 Å². The first-order valence-corrected chi connectivity index (χ1v) is 7.61. The van der Waals surface area contributed by atoms with Crippen molar-refractivity contribution in [2.24, 2.45) is 0 Å². The average Bonchev–Trinajstić information content (AvgIpc) is 2.60. The molecule has 0 bridgehead atoms. The number of hydrogen-bond acceptors (Lipinski definition) is 4. The molecule has 0 aliphatic carbocycles. The summed E-state index contributed by atoms with van der Waals surface area (Å²) in [6.45, 7) is 2.09. The summed E-state index contributed by atoms with van der Waals surface area (Å²) >= 11 is 0. The van der Waals surface area contributed by atoms with Crippen LogP contribution in [0.5, 0.6) is 11.5 Å². The second-order valence-electron chi connectivity index (χ2n) is 5.19. The van der Waals surface area contributed by atoms with E-state index in [1.807, 2.05) is 54.6 Å². The lowest BCUT2D eigenvalue weighted by atomic mass is 10.2. The number of carbonyl (C=O) groups is 1. The Kier molecular flexibility index (Phi) is 6.25. The van der Waals surface area contributed by atoms with E-state index < -0.39 is 0 Å². The summed E-state index contributed by atoms with van der Waals surface area (Å²) in [5, 5.41) is 6.04. The van der Waals surface area contributed by atoms with Crippen LogP contribution in [0.15, 0.2) is 54.4 Å². The molecule has 1 amide bonds. The highest BCUT2D eigenvalue weighted by molar-refractivity contribution is 5.76. The molecule has 2 aromatic rings. The molecule has 2 aromatic carbocycles. The van der Waals surface area contributed by atoms with Crippen LogP contribution in [0.3, 0.4) is 0 Å². The SMILES string of the molecule is COc1ccc(C=C(NCc2ccccc2)NC(C)=O)cc1OC. The molecule has 0 aromatic heterocycles. The van der Waals surface area contributed by atoms with Crippen molar-refractivity contribution in [1.82, 2.24) is 10.6 Å². The molecule has 0 saturated heterocycles. The van der Waals surface area contributed by atoms with E-state index in [1.54, 1.807) is 14.2 Å². The van der Waals surface area contributed by atoms with Gasteiger partial charge in [0.2, 0.25) is 5.91 Å². The van der Waals surface area contributed by atoms with Crippen molar-refractivity contribution in [3.8, 4) is 11.5 Å². The van der Waals surface area contributed by atoms with Gasteiger partial charge in [0.05, 0.1) is 14.2 Å². The second-order valence-corrected chi connectivity index (χ2v) is 5.19. The largest absolute Gasteiger partial charge is 0.493 e. The maximum Gasteiger partial charge on any atom is 0.222 e. The van der Waals surface area contributed by atoms with E-state index >= 15 is 0 Å². The zero-order chi connectivity index (χ0) is 17.4. The van der Waals surface area contributed by atoms with E-state index in [-0.39, 0.29) is 5.91 Å². The number of hydrogen-bond donors (Lipinski definition) is 2. The number of rotatable bonds is 7. The summed E-state index contributed by atoms with van der Waals surface area (Å²) in [5.41, 5.74) is 2.01. The summed E-state index contributed by atoms with van der Waals surface area (Å²) < 4.78 is 10.5. The molecular weight excluding hydrogens is 304 g/mol. The van der Waals surface area contributed by atoms with Gasteiger partial charge >= 0.3 is 0 Å². The fraction of sp³-hybridized carbons (Fsp3) is 0.211. The lowest BCUT2D eigenvalue weighted by Crippen LogP contribution is -2.29. The first-order chi connectivity index (χ1) is 11.6. The third kappa shape index (κ3) is 5.05. The summed E-state index contributed by atoms with van der Waals surface area (Å²) in [5.74, 6) is 1.78. The summed E-state index contributed by atoms with van der Waals surface area (Å²) in [7, 11) is 3.19. The smallest absolute Gasteiger partial charge is 0.222 e. The van der Waals surface area contributed by atoms with Gasteiger partial charge in [-0.3, -0.25) is 4.79 Å². The lowest BCUT2D eigenvalue weighted by molar-refractivity contribution is -0.118. The molecule has 2 N–H and O–H groups in total. The lowest BCUT2D eigenvalue weighted by Gasteiger charge is -2.13. The van der Waals surface area contributed by atoms with Crippen LogP contribution < -0.4 is 20.1 Å². The van der Waals surface area contributed by atoms with Crippen molar-refractivity contribution >= 4 is 12.0 Å². The number of carbonyl (C=O) groups excluding carboxylic acids is 1. The predicted octanol–water partition coefficient (Wildman–Crippen LogP) is 2.93. The minimum absolute atomic E-state index is 0.137. The summed E-state index contributed by atoms with van der Waals surface area (Å²) in [4.78, 5) is 11.4. The molecule has 126 valence electrons. The molecule has 24 heavy (non-hydrogen) atoms. The summed E-state index contributed by atoms with van der Waals surface area (Å²) in [6.07, 6.45) is 1.85. The highest BCUT2D eigenvalue weighted by atomic mass is 16.5. The molecule has 5 nitrogen and oxygen atoms in total. The highest BCUT2D eigenvalue weighted by Crippen LogP contribution is 2.28. The molecule has 0 spiro atoms. The van der Waals surface area contributed by atoms with Crippen LogP contribution in [-0.2, 0) is 11.3 Å². The van der Waals surface area contributed by atoms with E-state index in [1.165, 1.54) is 6.92 Å². The van der Waals surface area contributed by atoms with Crippen LogP contribution in [0.1, 0.15) is 18.1 Å². The Bertz CT molecular complexity index is 712. The quantitative estimate of drug-likeness (QED) is 0.821. The molecule has 0 unspecified atom stereocenters. The van der Waals surface area contributed by atoms with Crippen LogP contribution in [0, 0.1) is 0 Å². The van der Waals surface area contributed by atoms with Gasteiger partial charge < -0.3 is 20.1 Å². The maximum absolute atomic E-state index is 11.4. The first kappa shape index (κ1) is 17.4. The highest BCUT2D eigenvalue weighted by Gasteiger charge is 2.05. The summed E-state index contributed by atoms with van der Waals surface area (Å²) in [6, 6.07) is 15.5. The Morgan fingerprint density at radius 1 is 1.04 bits per heavy atom. The number of amides is 1. The topological polar surface area (TPSA) is 59.6 Å². The Balaban J connectivity index is 2.20. The monoisotopic (exact) mass is 326 g/mol. The van der Waals surface area contributed by atoms with Crippen LogP contribution in [0.2, 0.25) is 0 Å². The van der Waals surface area contributed by atoms with Crippen LogP contribution in [-0.4, -0.2) is 20.1 Å². The van der Waals surface area contributed by atoms with Gasteiger partial charge in [-0.15, -0.1) is 0 Å². The second kappa shape index (κ2) is 8.62. The molecular formula is C19H22N2O3. The van der Waals surface area contributed by atoms with E-state index in [4.69, 9.17) is 9.47 Å². The fourth-order valence-electron chi connectivity index (χ4n) is 2.22. The molecule has 2 rings (SSSR count). The molecule has 0 saturated carbocycles. The van der Waals surface area contributed by atoms with Gasteiger partial charge in [-0.05, 0) is 29.3 Å². The minimum atomic E-state index is -0.137. The van der Waals surface area contributed by atoms with Crippen molar-refractivity contribution < 1.29 is 14.3 Å². The molecule has 0 radical (unpaired) electrons. The van der Waals surface area contributed by atoms with Gasteiger partial charge in [-0.25, -0.2) is 0 Å². The third-order valence-corrected chi connectivity index (χ3v) is 3.36. The number of ether oxygens (including phenoxy) is 2. The molecule has 0 aliphatic heterocycles. The van der Waals surface area contributed by atoms with Gasteiger partial charge in [0.25, 0.3) is 0 Å². The fourth-order valence-corrected chi connectivity index (χ4v) is 2.22. The van der Waals surface area contributed by atoms with Gasteiger partial charge in [-0.2, -0.15) is 0 Å². The zero-order valence-corrected chi connectivity index (χ0v) is 14.1. The van der Waals surface area contributed by atoms with Crippen molar-refractivity contribution in [3.63, 3.8) is 0 Å². The van der Waals surface area contributed by atoms with Crippen molar-refractivity contribution in [2.45, 2.75) is 13.5 Å².